The van der Waals surface area contributed by atoms with E-state index < -0.39 is 24.1 Å². The third kappa shape index (κ3) is 4.16. The SMILES string of the molecule is CNc1nc(N)nc2c1ncn2[C@@H]1O[C@H](COC(=O)CC2CCCCC2)[C@@H](O)[C@@]1(C)F. The predicted molar refractivity (Wildman–Crippen MR) is 111 cm³/mol. The first-order valence-electron chi connectivity index (χ1n) is 10.7. The van der Waals surface area contributed by atoms with E-state index in [2.05, 4.69) is 20.3 Å². The van der Waals surface area contributed by atoms with Crippen LogP contribution in [-0.4, -0.2) is 62.1 Å². The number of rotatable bonds is 6. The zero-order valence-corrected chi connectivity index (χ0v) is 17.8. The molecule has 0 radical (unpaired) electrons. The Kier molecular flexibility index (Phi) is 5.98. The van der Waals surface area contributed by atoms with E-state index >= 15 is 4.39 Å². The van der Waals surface area contributed by atoms with Gasteiger partial charge in [-0.05, 0) is 25.7 Å². The second kappa shape index (κ2) is 8.54. The molecule has 10 nitrogen and oxygen atoms in total. The quantitative estimate of drug-likeness (QED) is 0.580. The van der Waals surface area contributed by atoms with Crippen LogP contribution in [0.4, 0.5) is 16.2 Å². The fraction of sp³-hybridized carbons (Fsp3) is 0.700. The summed E-state index contributed by atoms with van der Waals surface area (Å²) in [4.78, 5) is 24.7. The van der Waals surface area contributed by atoms with E-state index in [4.69, 9.17) is 15.2 Å². The number of carbonyl (C=O) groups is 1. The molecule has 4 N–H and O–H groups in total. The average molecular weight is 436 g/mol. The van der Waals surface area contributed by atoms with Gasteiger partial charge in [0.15, 0.2) is 28.9 Å². The highest BCUT2D eigenvalue weighted by Gasteiger charge is 2.55. The van der Waals surface area contributed by atoms with Crippen molar-refractivity contribution in [2.24, 2.45) is 5.92 Å². The Hall–Kier alpha value is -2.53. The van der Waals surface area contributed by atoms with Gasteiger partial charge in [0.25, 0.3) is 0 Å². The lowest BCUT2D eigenvalue weighted by molar-refractivity contribution is -0.151. The second-order valence-corrected chi connectivity index (χ2v) is 8.52. The van der Waals surface area contributed by atoms with Gasteiger partial charge in [0, 0.05) is 13.5 Å². The number of nitrogens with one attached hydrogen (secondary N) is 1. The molecule has 2 aliphatic rings. The van der Waals surface area contributed by atoms with E-state index in [0.717, 1.165) is 25.7 Å². The lowest BCUT2D eigenvalue weighted by Crippen LogP contribution is -2.41. The normalized spacial score (nSPS) is 29.4. The summed E-state index contributed by atoms with van der Waals surface area (Å²) in [6, 6.07) is 0. The van der Waals surface area contributed by atoms with Crippen LogP contribution in [0.5, 0.6) is 0 Å². The Morgan fingerprint density at radius 2 is 2.16 bits per heavy atom. The first-order chi connectivity index (χ1) is 14.8. The molecule has 4 atom stereocenters. The van der Waals surface area contributed by atoms with E-state index in [-0.39, 0.29) is 24.2 Å². The summed E-state index contributed by atoms with van der Waals surface area (Å²) in [5.74, 6) is 0.372. The van der Waals surface area contributed by atoms with Gasteiger partial charge in [-0.2, -0.15) is 9.97 Å². The third-order valence-electron chi connectivity index (χ3n) is 6.23. The Morgan fingerprint density at radius 3 is 2.87 bits per heavy atom. The van der Waals surface area contributed by atoms with Crippen molar-refractivity contribution in [2.45, 2.75) is 69.6 Å². The topological polar surface area (TPSA) is 137 Å². The zero-order chi connectivity index (χ0) is 22.2. The number of ether oxygens (including phenoxy) is 2. The van der Waals surface area contributed by atoms with E-state index in [9.17, 15) is 9.90 Å². The zero-order valence-electron chi connectivity index (χ0n) is 17.8. The molecule has 0 aromatic carbocycles. The molecule has 11 heteroatoms. The predicted octanol–water partition coefficient (Wildman–Crippen LogP) is 1.95. The summed E-state index contributed by atoms with van der Waals surface area (Å²) in [6.07, 6.45) is 3.48. The fourth-order valence-electron chi connectivity index (χ4n) is 4.49. The molecule has 31 heavy (non-hydrogen) atoms. The molecule has 1 aliphatic carbocycles. The van der Waals surface area contributed by atoms with Gasteiger partial charge in [-0.15, -0.1) is 0 Å². The molecule has 2 aromatic heterocycles. The molecule has 4 rings (SSSR count). The number of aliphatic hydroxyl groups excluding tert-OH is 1. The molecular weight excluding hydrogens is 407 g/mol. The van der Waals surface area contributed by atoms with Crippen molar-refractivity contribution in [1.29, 1.82) is 0 Å². The first kappa shape index (κ1) is 21.7. The van der Waals surface area contributed by atoms with Gasteiger partial charge in [-0.3, -0.25) is 9.36 Å². The first-order valence-corrected chi connectivity index (χ1v) is 10.7. The molecule has 0 unspecified atom stereocenters. The number of aliphatic hydroxyl groups is 1. The number of hydrogen-bond donors (Lipinski definition) is 3. The van der Waals surface area contributed by atoms with Crippen LogP contribution in [0.2, 0.25) is 0 Å². The highest BCUT2D eigenvalue weighted by molar-refractivity contribution is 5.84. The van der Waals surface area contributed by atoms with Crippen molar-refractivity contribution >= 4 is 28.9 Å². The number of aromatic nitrogens is 4. The number of esters is 1. The van der Waals surface area contributed by atoms with Crippen molar-refractivity contribution in [1.82, 2.24) is 19.5 Å². The summed E-state index contributed by atoms with van der Waals surface area (Å²) >= 11 is 0. The lowest BCUT2D eigenvalue weighted by Gasteiger charge is -2.24. The summed E-state index contributed by atoms with van der Waals surface area (Å²) in [5.41, 5.74) is 4.26. The maximum Gasteiger partial charge on any atom is 0.306 e. The monoisotopic (exact) mass is 436 g/mol. The van der Waals surface area contributed by atoms with Crippen LogP contribution < -0.4 is 11.1 Å². The molecular formula is C20H29FN6O4. The molecule has 1 saturated heterocycles. The summed E-state index contributed by atoms with van der Waals surface area (Å²) in [6.45, 7) is 1.01. The van der Waals surface area contributed by atoms with E-state index in [1.807, 2.05) is 0 Å². The Bertz CT molecular complexity index is 945. The van der Waals surface area contributed by atoms with Gasteiger partial charge in [0.2, 0.25) is 5.95 Å². The number of nitrogens with two attached hydrogens (primary N) is 1. The van der Waals surface area contributed by atoms with Crippen molar-refractivity contribution in [3.8, 4) is 0 Å². The number of anilines is 2. The van der Waals surface area contributed by atoms with Gasteiger partial charge in [0.1, 0.15) is 18.8 Å². The number of fused-ring (bicyclic) bond motifs is 1. The van der Waals surface area contributed by atoms with Crippen molar-refractivity contribution in [3.05, 3.63) is 6.33 Å². The van der Waals surface area contributed by atoms with E-state index in [1.54, 1.807) is 7.05 Å². The summed E-state index contributed by atoms with van der Waals surface area (Å²) in [7, 11) is 1.66. The second-order valence-electron chi connectivity index (χ2n) is 8.52. The highest BCUT2D eigenvalue weighted by atomic mass is 19.1. The van der Waals surface area contributed by atoms with Crippen LogP contribution in [0.25, 0.3) is 11.2 Å². The third-order valence-corrected chi connectivity index (χ3v) is 6.23. The maximum absolute atomic E-state index is 15.5. The molecule has 1 saturated carbocycles. The minimum absolute atomic E-state index is 0.00843. The van der Waals surface area contributed by atoms with Gasteiger partial charge in [0.05, 0.1) is 6.33 Å². The number of alkyl halides is 1. The van der Waals surface area contributed by atoms with Gasteiger partial charge < -0.3 is 25.6 Å². The van der Waals surface area contributed by atoms with E-state index in [0.29, 0.717) is 23.7 Å². The standard InChI is InChI=1S/C20H29FN6O4/c1-20(21)15(29)12(9-30-13(28)8-11-6-4-3-5-7-11)31-18(20)27-10-24-14-16(23-2)25-19(22)26-17(14)27/h10-12,15,18,29H,3-9H2,1-2H3,(H3,22,23,25,26)/t12-,15-,18-,20-/m1/s1. The molecule has 1 aliphatic heterocycles. The Balaban J connectivity index is 1.47. The van der Waals surface area contributed by atoms with Crippen LogP contribution in [0.1, 0.15) is 51.7 Å². The molecule has 0 spiro atoms. The van der Waals surface area contributed by atoms with Gasteiger partial charge >= 0.3 is 5.97 Å². The summed E-state index contributed by atoms with van der Waals surface area (Å²) < 4.78 is 28.0. The number of hydrogen-bond acceptors (Lipinski definition) is 9. The van der Waals surface area contributed by atoms with Crippen LogP contribution in [0.15, 0.2) is 6.33 Å². The molecule has 3 heterocycles. The molecule has 2 fully saturated rings. The van der Waals surface area contributed by atoms with Crippen molar-refractivity contribution in [3.63, 3.8) is 0 Å². The van der Waals surface area contributed by atoms with Crippen molar-refractivity contribution < 1.29 is 23.8 Å². The number of halogens is 1. The van der Waals surface area contributed by atoms with Crippen LogP contribution >= 0.6 is 0 Å². The largest absolute Gasteiger partial charge is 0.463 e. The van der Waals surface area contributed by atoms with Crippen LogP contribution in [0.3, 0.4) is 0 Å². The minimum atomic E-state index is -2.17. The van der Waals surface area contributed by atoms with Crippen molar-refractivity contribution in [2.75, 3.05) is 24.7 Å². The highest BCUT2D eigenvalue weighted by Crippen LogP contribution is 2.42. The lowest BCUT2D eigenvalue weighted by atomic mass is 9.87. The van der Waals surface area contributed by atoms with E-state index in [1.165, 1.54) is 24.2 Å². The number of carbonyl (C=O) groups excluding carboxylic acids is 1. The number of nitrogen functional groups attached to an aromatic ring is 1. The minimum Gasteiger partial charge on any atom is -0.463 e. The van der Waals surface area contributed by atoms with Crippen LogP contribution in [0, 0.1) is 5.92 Å². The molecule has 2 aromatic rings. The molecule has 0 bridgehead atoms. The van der Waals surface area contributed by atoms with Gasteiger partial charge in [-0.25, -0.2) is 9.37 Å². The maximum atomic E-state index is 15.5. The number of imidazole rings is 1. The fourth-order valence-corrected chi connectivity index (χ4v) is 4.49. The van der Waals surface area contributed by atoms with Gasteiger partial charge in [-0.1, -0.05) is 19.3 Å². The molecule has 170 valence electrons. The Labute approximate surface area is 179 Å². The smallest absolute Gasteiger partial charge is 0.306 e. The number of nitrogens with zero attached hydrogens (tertiary/aromatic N) is 4. The van der Waals surface area contributed by atoms with Crippen LogP contribution in [-0.2, 0) is 14.3 Å². The Morgan fingerprint density at radius 1 is 1.42 bits per heavy atom. The molecule has 0 amide bonds. The average Bonchev–Trinajstić information content (AvgIpc) is 3.25. The summed E-state index contributed by atoms with van der Waals surface area (Å²) in [5, 5.41) is 13.4.